The number of fused-ring (bicyclic) bond motifs is 1. The Bertz CT molecular complexity index is 1320. The van der Waals surface area contributed by atoms with Crippen LogP contribution < -0.4 is 21.6 Å². The first-order valence-electron chi connectivity index (χ1n) is 9.06. The Kier molecular flexibility index (Phi) is 4.98. The fourth-order valence-electron chi connectivity index (χ4n) is 3.50. The van der Waals surface area contributed by atoms with Crippen LogP contribution in [0.3, 0.4) is 0 Å². The van der Waals surface area contributed by atoms with Crippen LogP contribution in [-0.2, 0) is 12.1 Å². The van der Waals surface area contributed by atoms with Crippen LogP contribution >= 0.6 is 0 Å². The number of aromatic amines is 1. The van der Waals surface area contributed by atoms with Crippen molar-refractivity contribution in [2.45, 2.75) is 24.4 Å². The Morgan fingerprint density at radius 1 is 1.00 bits per heavy atom. The number of hydrogen-bond acceptors (Lipinski definition) is 4. The average molecular weight is 477 g/mol. The quantitative estimate of drug-likeness (QED) is 0.500. The van der Waals surface area contributed by atoms with Gasteiger partial charge in [-0.25, -0.2) is 19.5 Å². The van der Waals surface area contributed by atoms with E-state index < -0.39 is 58.7 Å². The molecule has 0 saturated heterocycles. The zero-order valence-electron chi connectivity index (χ0n) is 16.1. The lowest BCUT2D eigenvalue weighted by Gasteiger charge is -2.35. The van der Waals surface area contributed by atoms with Crippen LogP contribution in [0.5, 0.6) is 0 Å². The van der Waals surface area contributed by atoms with Crippen molar-refractivity contribution in [3.05, 3.63) is 86.2 Å². The van der Waals surface area contributed by atoms with E-state index in [1.165, 1.54) is 28.4 Å². The molecule has 1 aromatic carbocycles. The van der Waals surface area contributed by atoms with Gasteiger partial charge in [0.25, 0.3) is 11.4 Å². The van der Waals surface area contributed by atoms with Crippen molar-refractivity contribution >= 4 is 11.7 Å². The van der Waals surface area contributed by atoms with Crippen molar-refractivity contribution in [3.63, 3.8) is 0 Å². The summed E-state index contributed by atoms with van der Waals surface area (Å²) in [6.07, 6.45) is -11.0. The zero-order chi connectivity index (χ0) is 24.2. The number of rotatable bonds is 3. The molecule has 1 aliphatic heterocycles. The molecular weight excluding hydrogens is 465 g/mol. The Hall–Kier alpha value is -3.84. The second-order valence-corrected chi connectivity index (χ2v) is 7.03. The highest BCUT2D eigenvalue weighted by Gasteiger charge is 2.78. The van der Waals surface area contributed by atoms with Gasteiger partial charge in [-0.2, -0.15) is 26.3 Å². The predicted octanol–water partition coefficient (Wildman–Crippen LogP) is 1.59. The molecule has 33 heavy (non-hydrogen) atoms. The summed E-state index contributed by atoms with van der Waals surface area (Å²) in [5.74, 6) is -2.68. The van der Waals surface area contributed by atoms with Gasteiger partial charge in [0, 0.05) is 0 Å². The van der Waals surface area contributed by atoms with Crippen molar-refractivity contribution in [2.75, 3.05) is 5.32 Å². The summed E-state index contributed by atoms with van der Waals surface area (Å²) in [5.41, 5.74) is -10.2. The molecule has 0 unspecified atom stereocenters. The van der Waals surface area contributed by atoms with Gasteiger partial charge in [0.05, 0.1) is 18.4 Å². The summed E-state index contributed by atoms with van der Waals surface area (Å²) in [5, 5.41) is 2.28. The van der Waals surface area contributed by atoms with E-state index in [0.29, 0.717) is 4.57 Å². The number of anilines is 1. The normalized spacial score (nSPS) is 15.5. The standard InChI is InChI=1S/C19H11F7N4O3/c20-10-5-3-9(4-6-10)13-27-14-12(17(29-13,18(21,22)23)19(24,25)26)15(31)28-16(32)30(14)8-11-2-1-7-33-11/h1-7H,8H2,(H,27,29)(H,28,31,32)/p+1. The van der Waals surface area contributed by atoms with Gasteiger partial charge in [0.1, 0.15) is 17.1 Å². The third-order valence-electron chi connectivity index (χ3n) is 5.01. The number of furan rings is 1. The summed E-state index contributed by atoms with van der Waals surface area (Å²) < 4.78 is 104. The molecule has 3 heterocycles. The van der Waals surface area contributed by atoms with Crippen LogP contribution in [0.2, 0.25) is 0 Å². The average Bonchev–Trinajstić information content (AvgIpc) is 3.22. The lowest BCUT2D eigenvalue weighted by Crippen LogP contribution is -2.97. The van der Waals surface area contributed by atoms with E-state index in [9.17, 15) is 40.3 Å². The van der Waals surface area contributed by atoms with Gasteiger partial charge >= 0.3 is 23.6 Å². The molecule has 14 heteroatoms. The number of benzene rings is 1. The SMILES string of the molecule is O=c1[nH]c(=O)n(Cc2ccco2)c2c1C(C(F)(F)F)(C(F)(F)F)[NH+]=C(c1ccc(F)cc1)N2. The Balaban J connectivity index is 2.10. The summed E-state index contributed by atoms with van der Waals surface area (Å²) in [6.45, 7) is -0.597. The minimum absolute atomic E-state index is 0.0135. The van der Waals surface area contributed by atoms with Gasteiger partial charge in [-0.15, -0.1) is 0 Å². The second-order valence-electron chi connectivity index (χ2n) is 7.03. The van der Waals surface area contributed by atoms with Crippen LogP contribution in [0.15, 0.2) is 56.7 Å². The molecule has 7 nitrogen and oxygen atoms in total. The lowest BCUT2D eigenvalue weighted by atomic mass is 9.87. The Morgan fingerprint density at radius 2 is 1.64 bits per heavy atom. The van der Waals surface area contributed by atoms with E-state index in [2.05, 4.69) is 5.32 Å². The van der Waals surface area contributed by atoms with Gasteiger partial charge in [0.2, 0.25) is 5.82 Å². The fraction of sp³-hybridized carbons (Fsp3) is 0.211. The van der Waals surface area contributed by atoms with Crippen molar-refractivity contribution < 1.29 is 40.1 Å². The number of aromatic nitrogens is 2. The van der Waals surface area contributed by atoms with Crippen LogP contribution in [-0.4, -0.2) is 27.7 Å². The van der Waals surface area contributed by atoms with E-state index in [1.54, 1.807) is 0 Å². The summed E-state index contributed by atoms with van der Waals surface area (Å²) in [6, 6.07) is 6.20. The maximum Gasteiger partial charge on any atom is 0.446 e. The molecule has 4 rings (SSSR count). The molecule has 0 spiro atoms. The summed E-state index contributed by atoms with van der Waals surface area (Å²) >= 11 is 0. The van der Waals surface area contributed by atoms with Crippen LogP contribution in [0.1, 0.15) is 16.9 Å². The van der Waals surface area contributed by atoms with E-state index >= 15 is 0 Å². The first-order chi connectivity index (χ1) is 15.3. The molecule has 1 aliphatic rings. The van der Waals surface area contributed by atoms with Gasteiger partial charge in [-0.1, -0.05) is 0 Å². The molecule has 0 radical (unpaired) electrons. The maximum absolute atomic E-state index is 14.2. The molecule has 0 aliphatic carbocycles. The van der Waals surface area contributed by atoms with Crippen LogP contribution in [0, 0.1) is 5.82 Å². The number of hydrogen-bond donors (Lipinski definition) is 3. The molecule has 3 aromatic rings. The summed E-state index contributed by atoms with van der Waals surface area (Å²) in [4.78, 5) is 27.7. The van der Waals surface area contributed by atoms with E-state index in [1.807, 2.05) is 0 Å². The molecule has 0 fully saturated rings. The number of H-pyrrole nitrogens is 1. The third-order valence-corrected chi connectivity index (χ3v) is 5.01. The van der Waals surface area contributed by atoms with E-state index in [4.69, 9.17) is 4.42 Å². The number of nitrogens with zero attached hydrogens (tertiary/aromatic N) is 1. The van der Waals surface area contributed by atoms with Crippen LogP contribution in [0.25, 0.3) is 0 Å². The highest BCUT2D eigenvalue weighted by molar-refractivity contribution is 6.05. The Labute approximate surface area is 178 Å². The Morgan fingerprint density at radius 3 is 2.18 bits per heavy atom. The van der Waals surface area contributed by atoms with E-state index in [-0.39, 0.29) is 11.3 Å². The fourth-order valence-corrected chi connectivity index (χ4v) is 3.50. The molecule has 174 valence electrons. The first kappa shape index (κ1) is 22.4. The zero-order valence-corrected chi connectivity index (χ0v) is 16.1. The molecule has 0 amide bonds. The van der Waals surface area contributed by atoms with Gasteiger partial charge in [-0.3, -0.25) is 14.3 Å². The van der Waals surface area contributed by atoms with Crippen molar-refractivity contribution in [3.8, 4) is 0 Å². The molecule has 0 atom stereocenters. The molecule has 0 bridgehead atoms. The number of alkyl halides is 6. The van der Waals surface area contributed by atoms with Gasteiger partial charge in [0.15, 0.2) is 0 Å². The highest BCUT2D eigenvalue weighted by Crippen LogP contribution is 2.48. The topological polar surface area (TPSA) is 94.0 Å². The third kappa shape index (κ3) is 3.50. The minimum Gasteiger partial charge on any atom is -0.467 e. The summed E-state index contributed by atoms with van der Waals surface area (Å²) in [7, 11) is 0. The predicted molar refractivity (Wildman–Crippen MR) is 98.0 cm³/mol. The maximum atomic E-state index is 14.2. The molecule has 3 N–H and O–H groups in total. The minimum atomic E-state index is -6.09. The van der Waals surface area contributed by atoms with Crippen molar-refractivity contribution in [1.29, 1.82) is 0 Å². The van der Waals surface area contributed by atoms with E-state index in [0.717, 1.165) is 24.3 Å². The lowest BCUT2D eigenvalue weighted by molar-refractivity contribution is -0.658. The smallest absolute Gasteiger partial charge is 0.446 e. The second kappa shape index (κ2) is 7.35. The molecule has 2 aromatic heterocycles. The van der Waals surface area contributed by atoms with Gasteiger partial charge < -0.3 is 4.42 Å². The number of nitrogens with one attached hydrogen (secondary N) is 3. The molecular formula is C19H12F7N4O3+. The van der Waals surface area contributed by atoms with Crippen LogP contribution in [0.4, 0.5) is 36.6 Å². The van der Waals surface area contributed by atoms with Gasteiger partial charge in [-0.05, 0) is 36.4 Å². The monoisotopic (exact) mass is 477 g/mol. The largest absolute Gasteiger partial charge is 0.467 e. The van der Waals surface area contributed by atoms with Crippen molar-refractivity contribution in [2.24, 2.45) is 0 Å². The molecule has 0 saturated carbocycles. The first-order valence-corrected chi connectivity index (χ1v) is 9.06. The number of halogens is 7. The number of amidine groups is 1. The van der Waals surface area contributed by atoms with Crippen molar-refractivity contribution in [1.82, 2.24) is 9.55 Å². The highest BCUT2D eigenvalue weighted by atomic mass is 19.4.